The van der Waals surface area contributed by atoms with Crippen molar-refractivity contribution in [3.8, 4) is 17.1 Å². The molecule has 1 aliphatic rings. The Morgan fingerprint density at radius 1 is 1.15 bits per heavy atom. The second-order valence-corrected chi connectivity index (χ2v) is 10.2. The molecule has 0 spiro atoms. The molecule has 3 aromatic rings. The van der Waals surface area contributed by atoms with E-state index >= 15 is 0 Å². The highest BCUT2D eigenvalue weighted by Crippen LogP contribution is 2.28. The summed E-state index contributed by atoms with van der Waals surface area (Å²) >= 11 is 0. The molecule has 0 unspecified atom stereocenters. The van der Waals surface area contributed by atoms with E-state index in [0.717, 1.165) is 11.3 Å². The summed E-state index contributed by atoms with van der Waals surface area (Å²) in [5, 5.41) is 0. The first kappa shape index (κ1) is 24.3. The van der Waals surface area contributed by atoms with E-state index in [0.29, 0.717) is 48.9 Å². The van der Waals surface area contributed by atoms with Crippen LogP contribution in [0.1, 0.15) is 0 Å². The number of fused-ring (bicyclic) bond motifs is 1. The largest absolute Gasteiger partial charge is 0.474 e. The van der Waals surface area contributed by atoms with Gasteiger partial charge in [0.15, 0.2) is 5.52 Å². The Bertz CT molecular complexity index is 1210. The summed E-state index contributed by atoms with van der Waals surface area (Å²) in [6.07, 6.45) is 3.22. The molecular formula is C23H30N6O4S. The lowest BCUT2D eigenvalue weighted by molar-refractivity contribution is 0.0110. The number of hydrogen-bond acceptors (Lipinski definition) is 9. The lowest BCUT2D eigenvalue weighted by Gasteiger charge is -2.33. The first-order valence-corrected chi connectivity index (χ1v) is 12.8. The van der Waals surface area contributed by atoms with Crippen LogP contribution in [0.3, 0.4) is 0 Å². The Hall–Kier alpha value is -2.86. The maximum atomic E-state index is 12.3. The van der Waals surface area contributed by atoms with Crippen LogP contribution in [-0.4, -0.2) is 94.1 Å². The Labute approximate surface area is 200 Å². The number of anilines is 1. The topological polar surface area (TPSA) is 110 Å². The molecule has 0 amide bonds. The molecule has 1 N–H and O–H groups in total. The minimum Gasteiger partial charge on any atom is -0.474 e. The first-order valence-electron chi connectivity index (χ1n) is 11.1. The van der Waals surface area contributed by atoms with Crippen LogP contribution in [0.4, 0.5) is 5.69 Å². The maximum Gasteiger partial charge on any atom is 0.242 e. The monoisotopic (exact) mass is 486 g/mol. The molecule has 1 aromatic carbocycles. The van der Waals surface area contributed by atoms with Gasteiger partial charge in [-0.05, 0) is 25.2 Å². The lowest BCUT2D eigenvalue weighted by Crippen LogP contribution is -2.50. The number of aromatic nitrogens is 3. The standard InChI is InChI=1S/C23H30N6O4S/c1-24-34(30,31)16-19(29-10-12-32-13-11-29)15-33-23-22-21(25-8-9-26-22)14-20(27-23)17-4-6-18(7-5-17)28(2)3/h4-9,14,19,24H,10-13,15-16H2,1-3H3/t19-/m0/s1. The summed E-state index contributed by atoms with van der Waals surface area (Å²) in [5.74, 6) is 0.246. The van der Waals surface area contributed by atoms with E-state index in [9.17, 15) is 8.42 Å². The van der Waals surface area contributed by atoms with Gasteiger partial charge in [-0.1, -0.05) is 12.1 Å². The summed E-state index contributed by atoms with van der Waals surface area (Å²) in [6.45, 7) is 2.53. The minimum absolute atomic E-state index is 0.0845. The predicted octanol–water partition coefficient (Wildman–Crippen LogP) is 1.39. The molecule has 1 fully saturated rings. The van der Waals surface area contributed by atoms with Gasteiger partial charge < -0.3 is 14.4 Å². The van der Waals surface area contributed by atoms with Crippen LogP contribution in [0.5, 0.6) is 5.88 Å². The highest BCUT2D eigenvalue weighted by molar-refractivity contribution is 7.89. The molecule has 0 saturated carbocycles. The SMILES string of the molecule is CNS(=O)(=O)C[C@H](COc1nc(-c2ccc(N(C)C)cc2)cc2nccnc12)N1CCOCC1. The molecule has 10 nitrogen and oxygen atoms in total. The van der Waals surface area contributed by atoms with E-state index in [1.807, 2.05) is 49.3 Å². The van der Waals surface area contributed by atoms with Crippen molar-refractivity contribution < 1.29 is 17.9 Å². The van der Waals surface area contributed by atoms with E-state index < -0.39 is 10.0 Å². The first-order chi connectivity index (χ1) is 16.4. The van der Waals surface area contributed by atoms with E-state index in [2.05, 4.69) is 19.6 Å². The van der Waals surface area contributed by atoms with Gasteiger partial charge in [-0.2, -0.15) is 0 Å². The number of ether oxygens (including phenoxy) is 2. The third-order valence-electron chi connectivity index (χ3n) is 5.80. The van der Waals surface area contributed by atoms with Gasteiger partial charge in [0, 0.05) is 50.8 Å². The van der Waals surface area contributed by atoms with Crippen LogP contribution in [0.25, 0.3) is 22.3 Å². The highest BCUT2D eigenvalue weighted by atomic mass is 32.2. The Kier molecular flexibility index (Phi) is 7.57. The van der Waals surface area contributed by atoms with Crippen molar-refractivity contribution in [3.05, 3.63) is 42.7 Å². The van der Waals surface area contributed by atoms with Gasteiger partial charge in [-0.25, -0.2) is 23.1 Å². The zero-order valence-electron chi connectivity index (χ0n) is 19.6. The lowest BCUT2D eigenvalue weighted by atomic mass is 10.1. The number of rotatable bonds is 9. The number of nitrogens with zero attached hydrogens (tertiary/aromatic N) is 5. The van der Waals surface area contributed by atoms with Crippen LogP contribution in [0.2, 0.25) is 0 Å². The van der Waals surface area contributed by atoms with E-state index in [1.54, 1.807) is 12.4 Å². The molecule has 0 bridgehead atoms. The summed E-state index contributed by atoms with van der Waals surface area (Å²) in [5.41, 5.74) is 3.91. The van der Waals surface area contributed by atoms with Crippen LogP contribution in [-0.2, 0) is 14.8 Å². The highest BCUT2D eigenvalue weighted by Gasteiger charge is 2.27. The molecule has 1 saturated heterocycles. The zero-order chi connectivity index (χ0) is 24.1. The molecule has 1 aliphatic heterocycles. The summed E-state index contributed by atoms with van der Waals surface area (Å²) < 4.78 is 38.6. The van der Waals surface area contributed by atoms with Crippen LogP contribution < -0.4 is 14.4 Å². The number of pyridine rings is 1. The van der Waals surface area contributed by atoms with E-state index in [-0.39, 0.29) is 18.4 Å². The van der Waals surface area contributed by atoms with Gasteiger partial charge in [-0.3, -0.25) is 9.88 Å². The summed E-state index contributed by atoms with van der Waals surface area (Å²) in [6, 6.07) is 9.56. The maximum absolute atomic E-state index is 12.3. The molecule has 2 aromatic heterocycles. The number of hydrogen-bond donors (Lipinski definition) is 1. The number of morpholine rings is 1. The molecule has 4 rings (SSSR count). The van der Waals surface area contributed by atoms with E-state index in [4.69, 9.17) is 14.5 Å². The third kappa shape index (κ3) is 5.79. The smallest absolute Gasteiger partial charge is 0.242 e. The minimum atomic E-state index is -3.44. The van der Waals surface area contributed by atoms with E-state index in [1.165, 1.54) is 7.05 Å². The van der Waals surface area contributed by atoms with Gasteiger partial charge >= 0.3 is 0 Å². The average molecular weight is 487 g/mol. The van der Waals surface area contributed by atoms with Crippen molar-refractivity contribution >= 4 is 26.7 Å². The number of sulfonamides is 1. The van der Waals surface area contributed by atoms with Crippen molar-refractivity contribution in [3.63, 3.8) is 0 Å². The van der Waals surface area contributed by atoms with Gasteiger partial charge in [0.2, 0.25) is 15.9 Å². The second kappa shape index (κ2) is 10.6. The van der Waals surface area contributed by atoms with Crippen LogP contribution in [0.15, 0.2) is 42.7 Å². The Morgan fingerprint density at radius 2 is 1.85 bits per heavy atom. The Morgan fingerprint density at radius 3 is 2.53 bits per heavy atom. The van der Waals surface area contributed by atoms with Gasteiger partial charge in [-0.15, -0.1) is 0 Å². The second-order valence-electron chi connectivity index (χ2n) is 8.28. The molecular weight excluding hydrogens is 456 g/mol. The molecule has 0 aliphatic carbocycles. The van der Waals surface area contributed by atoms with Gasteiger partial charge in [0.05, 0.1) is 36.2 Å². The fourth-order valence-corrected chi connectivity index (χ4v) is 4.82. The molecule has 182 valence electrons. The molecule has 1 atom stereocenters. The van der Waals surface area contributed by atoms with Gasteiger partial charge in [0.25, 0.3) is 0 Å². The summed E-state index contributed by atoms with van der Waals surface area (Å²) in [4.78, 5) is 17.7. The third-order valence-corrected chi connectivity index (χ3v) is 7.25. The average Bonchev–Trinajstić information content (AvgIpc) is 2.86. The van der Waals surface area contributed by atoms with Crippen molar-refractivity contribution in [2.75, 3.05) is 64.7 Å². The number of nitrogens with one attached hydrogen (secondary N) is 1. The predicted molar refractivity (Wildman–Crippen MR) is 132 cm³/mol. The quantitative estimate of drug-likeness (QED) is 0.480. The normalized spacial score (nSPS) is 15.9. The van der Waals surface area contributed by atoms with Crippen LogP contribution >= 0.6 is 0 Å². The summed E-state index contributed by atoms with van der Waals surface area (Å²) in [7, 11) is 1.96. The fourth-order valence-electron chi connectivity index (χ4n) is 3.84. The van der Waals surface area contributed by atoms with Crippen LogP contribution in [0, 0.1) is 0 Å². The van der Waals surface area contributed by atoms with Gasteiger partial charge in [0.1, 0.15) is 6.61 Å². The molecule has 0 radical (unpaired) electrons. The molecule has 3 heterocycles. The Balaban J connectivity index is 1.64. The molecule has 11 heteroatoms. The van der Waals surface area contributed by atoms with Crippen molar-refractivity contribution in [2.45, 2.75) is 6.04 Å². The van der Waals surface area contributed by atoms with Crippen molar-refractivity contribution in [2.24, 2.45) is 0 Å². The number of benzene rings is 1. The zero-order valence-corrected chi connectivity index (χ0v) is 20.5. The fraction of sp³-hybridized carbons (Fsp3) is 0.435. The van der Waals surface area contributed by atoms with Crippen molar-refractivity contribution in [1.82, 2.24) is 24.6 Å². The molecule has 34 heavy (non-hydrogen) atoms. The van der Waals surface area contributed by atoms with Crippen molar-refractivity contribution in [1.29, 1.82) is 0 Å².